The second-order valence-corrected chi connectivity index (χ2v) is 6.12. The van der Waals surface area contributed by atoms with Crippen LogP contribution in [0.4, 0.5) is 24.5 Å². The zero-order chi connectivity index (χ0) is 19.7. The maximum absolute atomic E-state index is 12.9. The molecule has 146 valence electrons. The molecule has 1 unspecified atom stereocenters. The molecule has 1 rings (SSSR count). The van der Waals surface area contributed by atoms with Crippen molar-refractivity contribution in [2.24, 2.45) is 0 Å². The van der Waals surface area contributed by atoms with Gasteiger partial charge in [0.15, 0.2) is 0 Å². The number of carboxylic acids is 1. The zero-order valence-electron chi connectivity index (χ0n) is 14.5. The van der Waals surface area contributed by atoms with Crippen LogP contribution in [0.2, 0.25) is 0 Å². The Morgan fingerprint density at radius 2 is 1.81 bits per heavy atom. The number of anilines is 1. The van der Waals surface area contributed by atoms with Gasteiger partial charge in [0.1, 0.15) is 6.04 Å². The molecule has 0 radical (unpaired) electrons. The van der Waals surface area contributed by atoms with E-state index in [1.54, 1.807) is 0 Å². The Bertz CT molecular complexity index is 621. The van der Waals surface area contributed by atoms with Crippen molar-refractivity contribution in [3.63, 3.8) is 0 Å². The molecule has 0 saturated heterocycles. The predicted molar refractivity (Wildman–Crippen MR) is 91.1 cm³/mol. The summed E-state index contributed by atoms with van der Waals surface area (Å²) in [5.41, 5.74) is -2.17. The number of nitrogens with one attached hydrogen (secondary N) is 1. The lowest BCUT2D eigenvalue weighted by Gasteiger charge is -2.17. The molecule has 0 aliphatic heterocycles. The molecule has 6 nitrogen and oxygen atoms in total. The highest BCUT2D eigenvalue weighted by molar-refractivity contribution is 5.77. The lowest BCUT2D eigenvalue weighted by Crippen LogP contribution is -2.29. The first kappa shape index (κ1) is 21.7. The third-order valence-corrected chi connectivity index (χ3v) is 3.94. The maximum atomic E-state index is 12.9. The third-order valence-electron chi connectivity index (χ3n) is 3.94. The Hall–Kier alpha value is -2.32. The van der Waals surface area contributed by atoms with Crippen LogP contribution in [-0.2, 0) is 11.0 Å². The van der Waals surface area contributed by atoms with Crippen molar-refractivity contribution < 1.29 is 28.0 Å². The smallest absolute Gasteiger partial charge is 0.416 e. The summed E-state index contributed by atoms with van der Waals surface area (Å²) in [5.74, 6) is -1.21. The largest absolute Gasteiger partial charge is 0.480 e. The first-order valence-electron chi connectivity index (χ1n) is 8.51. The summed E-state index contributed by atoms with van der Waals surface area (Å²) < 4.78 is 38.7. The number of halogens is 3. The highest BCUT2D eigenvalue weighted by Crippen LogP contribution is 2.34. The van der Waals surface area contributed by atoms with Crippen molar-refractivity contribution in [1.29, 1.82) is 0 Å². The first-order valence-corrected chi connectivity index (χ1v) is 8.51. The molecule has 9 heteroatoms. The summed E-state index contributed by atoms with van der Waals surface area (Å²) in [6.07, 6.45) is 1.12. The molecule has 0 heterocycles. The molecule has 0 aliphatic carbocycles. The normalized spacial score (nSPS) is 12.6. The quantitative estimate of drug-likeness (QED) is 0.313. The van der Waals surface area contributed by atoms with Crippen molar-refractivity contribution in [3.8, 4) is 0 Å². The lowest BCUT2D eigenvalue weighted by molar-refractivity contribution is -0.385. The van der Waals surface area contributed by atoms with Gasteiger partial charge in [0.2, 0.25) is 0 Å². The maximum Gasteiger partial charge on any atom is 0.416 e. The number of hydrogen-bond donors (Lipinski definition) is 2. The van der Waals surface area contributed by atoms with Crippen LogP contribution in [0.3, 0.4) is 0 Å². The second-order valence-electron chi connectivity index (χ2n) is 6.12. The molecular weight excluding hydrogens is 353 g/mol. The first-order chi connectivity index (χ1) is 12.1. The summed E-state index contributed by atoms with van der Waals surface area (Å²) in [6.45, 7) is 2.08. The van der Waals surface area contributed by atoms with Gasteiger partial charge in [-0.15, -0.1) is 0 Å². The number of hydrogen-bond acceptors (Lipinski definition) is 4. The summed E-state index contributed by atoms with van der Waals surface area (Å²) in [7, 11) is 0. The number of alkyl halides is 3. The topological polar surface area (TPSA) is 92.5 Å². The van der Waals surface area contributed by atoms with E-state index >= 15 is 0 Å². The van der Waals surface area contributed by atoms with Gasteiger partial charge in [0, 0.05) is 17.8 Å². The fraction of sp³-hybridized carbons (Fsp3) is 0.588. The number of unbranched alkanes of at least 4 members (excludes halogenated alkanes) is 5. The molecule has 0 aromatic heterocycles. The van der Waals surface area contributed by atoms with Crippen LogP contribution in [0.15, 0.2) is 18.2 Å². The summed E-state index contributed by atoms with van der Waals surface area (Å²) in [5, 5.41) is 22.6. The van der Waals surface area contributed by atoms with E-state index in [-0.39, 0.29) is 12.1 Å². The van der Waals surface area contributed by atoms with Crippen LogP contribution in [0.1, 0.15) is 57.4 Å². The minimum atomic E-state index is -4.76. The molecule has 0 bridgehead atoms. The van der Waals surface area contributed by atoms with Crippen molar-refractivity contribution in [2.75, 3.05) is 5.32 Å². The number of nitro groups is 1. The van der Waals surface area contributed by atoms with Crippen molar-refractivity contribution in [1.82, 2.24) is 0 Å². The van der Waals surface area contributed by atoms with Crippen LogP contribution >= 0.6 is 0 Å². The van der Waals surface area contributed by atoms with E-state index < -0.39 is 34.4 Å². The van der Waals surface area contributed by atoms with Crippen LogP contribution in [0.25, 0.3) is 0 Å². The number of aliphatic carboxylic acids is 1. The van der Waals surface area contributed by atoms with Gasteiger partial charge in [0.05, 0.1) is 10.5 Å². The van der Waals surface area contributed by atoms with Gasteiger partial charge in [-0.05, 0) is 12.5 Å². The zero-order valence-corrected chi connectivity index (χ0v) is 14.5. The highest BCUT2D eigenvalue weighted by Gasteiger charge is 2.33. The number of nitrogens with zero attached hydrogens (tertiary/aromatic N) is 1. The van der Waals surface area contributed by atoms with Gasteiger partial charge < -0.3 is 10.4 Å². The predicted octanol–water partition coefficient (Wildman–Crippen LogP) is 5.23. The van der Waals surface area contributed by atoms with Gasteiger partial charge >= 0.3 is 12.1 Å². The fourth-order valence-corrected chi connectivity index (χ4v) is 2.55. The molecule has 0 amide bonds. The third kappa shape index (κ3) is 7.28. The second kappa shape index (κ2) is 9.98. The van der Waals surface area contributed by atoms with E-state index in [2.05, 4.69) is 12.2 Å². The SMILES string of the molecule is CCCCCCCCC(Nc1cc([N+](=O)[O-])cc(C(F)(F)F)c1)C(=O)O. The van der Waals surface area contributed by atoms with E-state index in [0.717, 1.165) is 38.2 Å². The van der Waals surface area contributed by atoms with Gasteiger partial charge in [-0.25, -0.2) is 4.79 Å². The molecule has 2 N–H and O–H groups in total. The van der Waals surface area contributed by atoms with Crippen LogP contribution in [0, 0.1) is 10.1 Å². The van der Waals surface area contributed by atoms with Crippen molar-refractivity contribution in [3.05, 3.63) is 33.9 Å². The lowest BCUT2D eigenvalue weighted by atomic mass is 10.0. The summed E-state index contributed by atoms with van der Waals surface area (Å²) in [6, 6.07) is 0.912. The van der Waals surface area contributed by atoms with Gasteiger partial charge in [-0.1, -0.05) is 45.4 Å². The number of nitro benzene ring substituents is 1. The van der Waals surface area contributed by atoms with Gasteiger partial charge in [-0.2, -0.15) is 13.2 Å². The Balaban J connectivity index is 2.82. The Labute approximate surface area is 149 Å². The van der Waals surface area contributed by atoms with Gasteiger partial charge in [0.25, 0.3) is 5.69 Å². The number of non-ortho nitro benzene ring substituents is 1. The molecule has 26 heavy (non-hydrogen) atoms. The summed E-state index contributed by atoms with van der Waals surface area (Å²) in [4.78, 5) is 21.3. The van der Waals surface area contributed by atoms with E-state index in [1.165, 1.54) is 0 Å². The summed E-state index contributed by atoms with van der Waals surface area (Å²) >= 11 is 0. The molecular formula is C17H23F3N2O4. The Morgan fingerprint density at radius 1 is 1.19 bits per heavy atom. The molecule has 1 atom stereocenters. The molecule has 1 aromatic rings. The highest BCUT2D eigenvalue weighted by atomic mass is 19.4. The monoisotopic (exact) mass is 376 g/mol. The average molecular weight is 376 g/mol. The van der Waals surface area contributed by atoms with E-state index in [4.69, 9.17) is 0 Å². The average Bonchev–Trinajstić information content (AvgIpc) is 2.55. The Kier molecular flexibility index (Phi) is 8.34. The standard InChI is InChI=1S/C17H23F3N2O4/c1-2-3-4-5-6-7-8-15(16(23)24)21-13-9-12(17(18,19)20)10-14(11-13)22(25)26/h9-11,15,21H,2-8H2,1H3,(H,23,24). The Morgan fingerprint density at radius 3 is 2.35 bits per heavy atom. The van der Waals surface area contributed by atoms with Crippen LogP contribution < -0.4 is 5.32 Å². The van der Waals surface area contributed by atoms with Crippen molar-refractivity contribution in [2.45, 2.75) is 64.1 Å². The van der Waals surface area contributed by atoms with Crippen LogP contribution in [-0.4, -0.2) is 22.0 Å². The number of carboxylic acid groups (broad SMARTS) is 1. The number of rotatable bonds is 11. The molecule has 0 fully saturated rings. The minimum absolute atomic E-state index is 0.228. The van der Waals surface area contributed by atoms with E-state index in [0.29, 0.717) is 18.6 Å². The van der Waals surface area contributed by atoms with E-state index in [9.17, 15) is 33.2 Å². The minimum Gasteiger partial charge on any atom is -0.480 e. The van der Waals surface area contributed by atoms with Gasteiger partial charge in [-0.3, -0.25) is 10.1 Å². The molecule has 1 aromatic carbocycles. The molecule has 0 spiro atoms. The molecule has 0 aliphatic rings. The fourth-order valence-electron chi connectivity index (χ4n) is 2.55. The van der Waals surface area contributed by atoms with Crippen LogP contribution in [0.5, 0.6) is 0 Å². The number of carbonyl (C=O) groups is 1. The number of benzene rings is 1. The van der Waals surface area contributed by atoms with E-state index in [1.807, 2.05) is 0 Å². The van der Waals surface area contributed by atoms with Crippen molar-refractivity contribution >= 4 is 17.3 Å². The molecule has 0 saturated carbocycles.